The first kappa shape index (κ1) is 26.4. The number of sulfonamides is 1. The lowest BCUT2D eigenvalue weighted by atomic mass is 9.89. The van der Waals surface area contributed by atoms with E-state index in [1.54, 1.807) is 0 Å². The van der Waals surface area contributed by atoms with E-state index in [1.165, 1.54) is 4.90 Å². The van der Waals surface area contributed by atoms with Gasteiger partial charge in [0, 0.05) is 13.1 Å². The van der Waals surface area contributed by atoms with Crippen LogP contribution in [0.2, 0.25) is 0 Å². The van der Waals surface area contributed by atoms with Gasteiger partial charge in [-0.1, -0.05) is 12.1 Å². The lowest BCUT2D eigenvalue weighted by Crippen LogP contribution is -2.55. The molecule has 2 unspecified atom stereocenters. The van der Waals surface area contributed by atoms with Gasteiger partial charge >= 0.3 is 6.18 Å². The predicted octanol–water partition coefficient (Wildman–Crippen LogP) is 3.09. The Bertz CT molecular complexity index is 1240. The molecule has 2 aliphatic rings. The average Bonchev–Trinajstić information content (AvgIpc) is 2.82. The number of nitrogens with zero attached hydrogens (tertiary/aromatic N) is 2. The number of aliphatic hydroxyl groups excluding tert-OH is 1. The fourth-order valence-corrected chi connectivity index (χ4v) is 6.26. The molecule has 0 spiro atoms. The third-order valence-electron chi connectivity index (χ3n) is 6.83. The van der Waals surface area contributed by atoms with E-state index in [9.17, 15) is 41.0 Å². The fourth-order valence-electron chi connectivity index (χ4n) is 4.58. The number of piperidine rings is 1. The molecule has 1 amide bonds. The highest BCUT2D eigenvalue weighted by Crippen LogP contribution is 2.42. The Balaban J connectivity index is 1.80. The van der Waals surface area contributed by atoms with E-state index in [0.717, 1.165) is 46.8 Å². The van der Waals surface area contributed by atoms with E-state index in [0.29, 0.717) is 19.8 Å². The van der Waals surface area contributed by atoms with Crippen LogP contribution >= 0.6 is 0 Å². The van der Waals surface area contributed by atoms with Gasteiger partial charge in [-0.25, -0.2) is 12.8 Å². The molecular weight excluding hydrogens is 504 g/mol. The molecule has 0 bridgehead atoms. The molecule has 196 valence electrons. The van der Waals surface area contributed by atoms with Gasteiger partial charge in [-0.15, -0.1) is 0 Å². The summed E-state index contributed by atoms with van der Waals surface area (Å²) in [5, 5.41) is 19.9. The fraction of sp³-hybridized carbons (Fsp3) is 0.458. The molecule has 0 aromatic heterocycles. The number of rotatable bonds is 4. The van der Waals surface area contributed by atoms with Crippen molar-refractivity contribution in [1.29, 1.82) is 0 Å². The minimum atomic E-state index is -4.97. The number of aliphatic hydroxyl groups is 2. The molecule has 2 heterocycles. The molecule has 12 heteroatoms. The van der Waals surface area contributed by atoms with E-state index in [1.807, 2.05) is 0 Å². The Kier molecular flexibility index (Phi) is 6.82. The number of benzene rings is 2. The SMILES string of the molecule is CC(O)(c1ccc2c(c1)CCC(C(=O)N1CCC(O)CC1)N2S(=O)(=O)c1ccc(F)cc1)C(F)(F)F. The molecule has 2 atom stereocenters. The number of hydrogen-bond acceptors (Lipinski definition) is 5. The summed E-state index contributed by atoms with van der Waals surface area (Å²) in [5.74, 6) is -1.14. The Morgan fingerprint density at radius 1 is 1.03 bits per heavy atom. The number of fused-ring (bicyclic) bond motifs is 1. The van der Waals surface area contributed by atoms with Crippen molar-refractivity contribution in [2.75, 3.05) is 17.4 Å². The van der Waals surface area contributed by atoms with Gasteiger partial charge in [0.05, 0.1) is 16.7 Å². The second-order valence-corrected chi connectivity index (χ2v) is 11.1. The predicted molar refractivity (Wildman–Crippen MR) is 122 cm³/mol. The summed E-state index contributed by atoms with van der Waals surface area (Å²) >= 11 is 0. The van der Waals surface area contributed by atoms with Gasteiger partial charge in [0.25, 0.3) is 10.0 Å². The first-order chi connectivity index (χ1) is 16.7. The molecule has 4 rings (SSSR count). The van der Waals surface area contributed by atoms with Crippen LogP contribution in [0.1, 0.15) is 37.3 Å². The second-order valence-electron chi connectivity index (χ2n) is 9.28. The van der Waals surface area contributed by atoms with E-state index >= 15 is 0 Å². The summed E-state index contributed by atoms with van der Waals surface area (Å²) in [7, 11) is -4.43. The number of aryl methyl sites for hydroxylation is 1. The van der Waals surface area contributed by atoms with Crippen molar-refractivity contribution in [3.05, 3.63) is 59.4 Å². The molecule has 0 radical (unpaired) electrons. The minimum Gasteiger partial charge on any atom is -0.393 e. The normalized spacial score (nSPS) is 21.1. The Morgan fingerprint density at radius 3 is 2.22 bits per heavy atom. The van der Waals surface area contributed by atoms with Crippen molar-refractivity contribution in [2.24, 2.45) is 0 Å². The summed E-state index contributed by atoms with van der Waals surface area (Å²) in [6.07, 6.45) is -4.75. The smallest absolute Gasteiger partial charge is 0.393 e. The summed E-state index contributed by atoms with van der Waals surface area (Å²) in [6.45, 7) is 1.09. The largest absolute Gasteiger partial charge is 0.421 e. The lowest BCUT2D eigenvalue weighted by molar-refractivity contribution is -0.258. The van der Waals surface area contributed by atoms with Crippen LogP contribution in [0, 0.1) is 5.82 Å². The molecule has 2 N–H and O–H groups in total. The number of hydrogen-bond donors (Lipinski definition) is 2. The number of carbonyl (C=O) groups excluding carboxylic acids is 1. The van der Waals surface area contributed by atoms with E-state index in [-0.39, 0.29) is 42.1 Å². The zero-order valence-corrected chi connectivity index (χ0v) is 20.2. The molecule has 2 aromatic carbocycles. The zero-order chi connectivity index (χ0) is 26.5. The van der Waals surface area contributed by atoms with Gasteiger partial charge < -0.3 is 15.1 Å². The van der Waals surface area contributed by atoms with E-state index in [2.05, 4.69) is 0 Å². The molecule has 1 fully saturated rings. The number of likely N-dealkylation sites (tertiary alicyclic amines) is 1. The third kappa shape index (κ3) is 4.69. The van der Waals surface area contributed by atoms with Crippen LogP contribution in [0.5, 0.6) is 0 Å². The van der Waals surface area contributed by atoms with Crippen LogP contribution < -0.4 is 4.31 Å². The molecule has 2 aromatic rings. The topological polar surface area (TPSA) is 98.1 Å². The minimum absolute atomic E-state index is 0.0110. The van der Waals surface area contributed by atoms with Gasteiger partial charge in [-0.2, -0.15) is 13.2 Å². The average molecular weight is 531 g/mol. The van der Waals surface area contributed by atoms with Gasteiger partial charge in [0.2, 0.25) is 5.91 Å². The van der Waals surface area contributed by atoms with Crippen molar-refractivity contribution >= 4 is 21.6 Å². The van der Waals surface area contributed by atoms with E-state index in [4.69, 9.17) is 0 Å². The van der Waals surface area contributed by atoms with Gasteiger partial charge in [0.1, 0.15) is 11.9 Å². The molecule has 0 aliphatic carbocycles. The number of carbonyl (C=O) groups is 1. The number of amides is 1. The van der Waals surface area contributed by atoms with E-state index < -0.39 is 51.2 Å². The number of anilines is 1. The molecule has 36 heavy (non-hydrogen) atoms. The maximum atomic E-state index is 13.7. The van der Waals surface area contributed by atoms with Gasteiger partial charge in [0.15, 0.2) is 5.60 Å². The highest BCUT2D eigenvalue weighted by Gasteiger charge is 2.52. The number of halogens is 4. The summed E-state index contributed by atoms with van der Waals surface area (Å²) in [5.41, 5.74) is -3.38. The van der Waals surface area contributed by atoms with Crippen LogP contribution in [0.25, 0.3) is 0 Å². The maximum Gasteiger partial charge on any atom is 0.421 e. The van der Waals surface area contributed by atoms with Gasteiger partial charge in [-0.3, -0.25) is 9.10 Å². The maximum absolute atomic E-state index is 13.7. The van der Waals surface area contributed by atoms with Crippen LogP contribution in [-0.2, 0) is 26.8 Å². The summed E-state index contributed by atoms with van der Waals surface area (Å²) in [6, 6.07) is 6.11. The standard InChI is InChI=1S/C24H26F4N2O5S/c1-23(33,24(26,27)28)16-3-9-20-15(14-16)2-8-21(22(32)29-12-10-18(31)11-13-29)30(20)36(34,35)19-6-4-17(25)5-7-19/h3-7,9,14,18,21,31,33H,2,8,10-13H2,1H3. The van der Waals surface area contributed by atoms with Crippen LogP contribution in [0.3, 0.4) is 0 Å². The van der Waals surface area contributed by atoms with Crippen molar-refractivity contribution < 1.29 is 41.0 Å². The molecular formula is C24H26F4N2O5S. The van der Waals surface area contributed by atoms with Crippen LogP contribution in [0.4, 0.5) is 23.2 Å². The Labute approximate surface area is 206 Å². The highest BCUT2D eigenvalue weighted by atomic mass is 32.2. The quantitative estimate of drug-likeness (QED) is 0.593. The lowest BCUT2D eigenvalue weighted by Gasteiger charge is -2.41. The van der Waals surface area contributed by atoms with Crippen LogP contribution in [-0.4, -0.2) is 60.8 Å². The number of alkyl halides is 3. The molecule has 2 aliphatic heterocycles. The van der Waals surface area contributed by atoms with Crippen molar-refractivity contribution in [1.82, 2.24) is 4.90 Å². The molecule has 1 saturated heterocycles. The highest BCUT2D eigenvalue weighted by molar-refractivity contribution is 7.93. The summed E-state index contributed by atoms with van der Waals surface area (Å²) < 4.78 is 82.1. The Hall–Kier alpha value is -2.70. The van der Waals surface area contributed by atoms with Gasteiger partial charge in [-0.05, 0) is 74.1 Å². The monoisotopic (exact) mass is 530 g/mol. The van der Waals surface area contributed by atoms with Crippen LogP contribution in [0.15, 0.2) is 47.4 Å². The van der Waals surface area contributed by atoms with Crippen molar-refractivity contribution in [2.45, 2.75) is 61.4 Å². The third-order valence-corrected chi connectivity index (χ3v) is 8.67. The second kappa shape index (κ2) is 9.31. The first-order valence-corrected chi connectivity index (χ1v) is 12.9. The summed E-state index contributed by atoms with van der Waals surface area (Å²) in [4.78, 5) is 14.6. The first-order valence-electron chi connectivity index (χ1n) is 11.4. The molecule has 0 saturated carbocycles. The molecule has 7 nitrogen and oxygen atoms in total. The Morgan fingerprint density at radius 2 is 1.64 bits per heavy atom. The van der Waals surface area contributed by atoms with Crippen molar-refractivity contribution in [3.8, 4) is 0 Å². The zero-order valence-electron chi connectivity index (χ0n) is 19.4. The van der Waals surface area contributed by atoms with Crippen molar-refractivity contribution in [3.63, 3.8) is 0 Å².